The zero-order valence-electron chi connectivity index (χ0n) is 10.8. The van der Waals surface area contributed by atoms with Crippen LogP contribution in [0.2, 0.25) is 0 Å². The summed E-state index contributed by atoms with van der Waals surface area (Å²) in [6, 6.07) is 9.41. The number of imide groups is 1. The van der Waals surface area contributed by atoms with Crippen molar-refractivity contribution in [3.05, 3.63) is 35.9 Å². The Bertz CT molecular complexity index is 483. The summed E-state index contributed by atoms with van der Waals surface area (Å²) in [6.45, 7) is 1.82. The number of amides is 3. The third kappa shape index (κ3) is 2.99. The van der Waals surface area contributed by atoms with Gasteiger partial charge in [0, 0.05) is 0 Å². The zero-order valence-corrected chi connectivity index (χ0v) is 10.8. The van der Waals surface area contributed by atoms with Crippen LogP contribution in [0.25, 0.3) is 0 Å². The summed E-state index contributed by atoms with van der Waals surface area (Å²) in [4.78, 5) is 36.4. The predicted molar refractivity (Wildman–Crippen MR) is 69.2 cm³/mol. The number of carbonyl (C=O) groups is 3. The Labute approximate surface area is 111 Å². The fourth-order valence-corrected chi connectivity index (χ4v) is 2.25. The first-order valence-electron chi connectivity index (χ1n) is 6.28. The summed E-state index contributed by atoms with van der Waals surface area (Å²) in [5, 5.41) is 2.19. The van der Waals surface area contributed by atoms with Crippen molar-refractivity contribution in [1.29, 1.82) is 0 Å². The van der Waals surface area contributed by atoms with Crippen LogP contribution in [0.1, 0.15) is 24.8 Å². The van der Waals surface area contributed by atoms with Gasteiger partial charge in [-0.15, -0.1) is 0 Å². The van der Waals surface area contributed by atoms with E-state index in [1.54, 1.807) is 0 Å². The number of hydrogen-bond acceptors (Lipinski definition) is 3. The van der Waals surface area contributed by atoms with Gasteiger partial charge in [0.15, 0.2) is 0 Å². The molecule has 1 aromatic rings. The van der Waals surface area contributed by atoms with Gasteiger partial charge in [-0.2, -0.15) is 0 Å². The van der Waals surface area contributed by atoms with E-state index in [4.69, 9.17) is 0 Å². The van der Waals surface area contributed by atoms with E-state index < -0.39 is 11.8 Å². The summed E-state index contributed by atoms with van der Waals surface area (Å²) < 4.78 is 0. The van der Waals surface area contributed by atoms with Crippen molar-refractivity contribution in [3.8, 4) is 0 Å². The maximum Gasteiger partial charge on any atom is 0.246 e. The largest absolute Gasteiger partial charge is 0.324 e. The minimum absolute atomic E-state index is 0.0477. The van der Waals surface area contributed by atoms with E-state index >= 15 is 0 Å². The molecule has 19 heavy (non-hydrogen) atoms. The molecule has 1 N–H and O–H groups in total. The van der Waals surface area contributed by atoms with Gasteiger partial charge in [-0.3, -0.25) is 19.7 Å². The lowest BCUT2D eigenvalue weighted by Gasteiger charge is -2.29. The first kappa shape index (κ1) is 13.3. The van der Waals surface area contributed by atoms with Crippen molar-refractivity contribution in [2.75, 3.05) is 13.1 Å². The van der Waals surface area contributed by atoms with Gasteiger partial charge in [-0.05, 0) is 12.0 Å². The molecule has 0 spiro atoms. The first-order chi connectivity index (χ1) is 9.11. The third-order valence-corrected chi connectivity index (χ3v) is 3.17. The lowest BCUT2D eigenvalue weighted by molar-refractivity contribution is -0.146. The predicted octanol–water partition coefficient (Wildman–Crippen LogP) is 0.665. The summed E-state index contributed by atoms with van der Waals surface area (Å²) in [5.74, 6) is -1.32. The topological polar surface area (TPSA) is 66.5 Å². The lowest BCUT2D eigenvalue weighted by atomic mass is 9.95. The molecule has 1 heterocycles. The molecule has 1 aliphatic heterocycles. The molecule has 1 atom stereocenters. The molecule has 0 saturated carbocycles. The number of nitrogens with one attached hydrogen (secondary N) is 1. The van der Waals surface area contributed by atoms with Gasteiger partial charge in [0.25, 0.3) is 0 Å². The molecule has 5 heteroatoms. The zero-order chi connectivity index (χ0) is 13.8. The van der Waals surface area contributed by atoms with Crippen LogP contribution < -0.4 is 5.32 Å². The first-order valence-corrected chi connectivity index (χ1v) is 6.28. The molecule has 0 radical (unpaired) electrons. The maximum absolute atomic E-state index is 12.4. The Hall–Kier alpha value is -2.17. The molecule has 3 amide bonds. The molecule has 0 bridgehead atoms. The number of rotatable bonds is 3. The molecule has 1 unspecified atom stereocenters. The van der Waals surface area contributed by atoms with E-state index in [1.165, 1.54) is 4.90 Å². The van der Waals surface area contributed by atoms with E-state index in [2.05, 4.69) is 5.32 Å². The van der Waals surface area contributed by atoms with Gasteiger partial charge < -0.3 is 4.90 Å². The smallest absolute Gasteiger partial charge is 0.246 e. The fourth-order valence-electron chi connectivity index (χ4n) is 2.25. The monoisotopic (exact) mass is 260 g/mol. The van der Waals surface area contributed by atoms with E-state index in [1.807, 2.05) is 37.3 Å². The average Bonchev–Trinajstić information content (AvgIpc) is 2.39. The Balaban J connectivity index is 2.17. The highest BCUT2D eigenvalue weighted by Gasteiger charge is 2.30. The molecule has 1 saturated heterocycles. The molecule has 1 aromatic carbocycles. The minimum atomic E-state index is -0.424. The third-order valence-electron chi connectivity index (χ3n) is 3.17. The average molecular weight is 260 g/mol. The standard InChI is InChI=1S/C14H16N2O3/c1-2-11(10-6-4-3-5-7-10)14(19)16-8-12(17)15-13(18)9-16/h3-7,11H,2,8-9H2,1H3,(H,15,17,18). The van der Waals surface area contributed by atoms with Crippen molar-refractivity contribution < 1.29 is 14.4 Å². The van der Waals surface area contributed by atoms with Crippen molar-refractivity contribution >= 4 is 17.7 Å². The summed E-state index contributed by atoms with van der Waals surface area (Å²) in [6.07, 6.45) is 0.634. The van der Waals surface area contributed by atoms with E-state index in [-0.39, 0.29) is 24.9 Å². The van der Waals surface area contributed by atoms with E-state index in [9.17, 15) is 14.4 Å². The highest BCUT2D eigenvalue weighted by molar-refractivity contribution is 6.03. The number of carbonyl (C=O) groups excluding carboxylic acids is 3. The Morgan fingerprint density at radius 1 is 1.21 bits per heavy atom. The van der Waals surface area contributed by atoms with E-state index in [0.717, 1.165) is 5.56 Å². The van der Waals surface area contributed by atoms with E-state index in [0.29, 0.717) is 6.42 Å². The molecule has 2 rings (SSSR count). The molecule has 0 aromatic heterocycles. The Kier molecular flexibility index (Phi) is 3.94. The van der Waals surface area contributed by atoms with Crippen LogP contribution in [0.3, 0.4) is 0 Å². The molecular formula is C14H16N2O3. The highest BCUT2D eigenvalue weighted by atomic mass is 16.2. The Morgan fingerprint density at radius 2 is 1.79 bits per heavy atom. The van der Waals surface area contributed by atoms with Gasteiger partial charge in [-0.1, -0.05) is 37.3 Å². The van der Waals surface area contributed by atoms with Crippen LogP contribution in [-0.2, 0) is 14.4 Å². The normalized spacial score (nSPS) is 17.0. The second kappa shape index (κ2) is 5.65. The minimum Gasteiger partial charge on any atom is -0.324 e. The summed E-state index contributed by atoms with van der Waals surface area (Å²) >= 11 is 0. The molecule has 1 aliphatic rings. The van der Waals surface area contributed by atoms with Crippen molar-refractivity contribution in [2.45, 2.75) is 19.3 Å². The maximum atomic E-state index is 12.4. The molecule has 0 aliphatic carbocycles. The van der Waals surface area contributed by atoms with Gasteiger partial charge in [0.2, 0.25) is 17.7 Å². The second-order valence-corrected chi connectivity index (χ2v) is 4.54. The molecular weight excluding hydrogens is 244 g/mol. The summed E-state index contributed by atoms with van der Waals surface area (Å²) in [5.41, 5.74) is 0.911. The Morgan fingerprint density at radius 3 is 2.32 bits per heavy atom. The van der Waals surface area contributed by atoms with Gasteiger partial charge >= 0.3 is 0 Å². The number of hydrogen-bond donors (Lipinski definition) is 1. The van der Waals surface area contributed by atoms with Crippen LogP contribution in [0.5, 0.6) is 0 Å². The van der Waals surface area contributed by atoms with Crippen LogP contribution in [0.15, 0.2) is 30.3 Å². The van der Waals surface area contributed by atoms with Crippen LogP contribution in [0, 0.1) is 0 Å². The number of benzene rings is 1. The summed E-state index contributed by atoms with van der Waals surface area (Å²) in [7, 11) is 0. The van der Waals surface area contributed by atoms with Crippen molar-refractivity contribution in [3.63, 3.8) is 0 Å². The molecule has 1 fully saturated rings. The second-order valence-electron chi connectivity index (χ2n) is 4.54. The quantitative estimate of drug-likeness (QED) is 0.812. The van der Waals surface area contributed by atoms with Crippen molar-refractivity contribution in [1.82, 2.24) is 10.2 Å². The van der Waals surface area contributed by atoms with Gasteiger partial charge in [0.05, 0.1) is 5.92 Å². The lowest BCUT2D eigenvalue weighted by Crippen LogP contribution is -2.54. The van der Waals surface area contributed by atoms with Gasteiger partial charge in [-0.25, -0.2) is 0 Å². The van der Waals surface area contributed by atoms with Gasteiger partial charge in [0.1, 0.15) is 13.1 Å². The fraction of sp³-hybridized carbons (Fsp3) is 0.357. The highest BCUT2D eigenvalue weighted by Crippen LogP contribution is 2.22. The van der Waals surface area contributed by atoms with Crippen molar-refractivity contribution in [2.24, 2.45) is 0 Å². The van der Waals surface area contributed by atoms with Crippen LogP contribution in [-0.4, -0.2) is 35.7 Å². The number of nitrogens with zero attached hydrogens (tertiary/aromatic N) is 1. The number of piperazine rings is 1. The molecule has 100 valence electrons. The SMILES string of the molecule is CCC(C(=O)N1CC(=O)NC(=O)C1)c1ccccc1. The van der Waals surface area contributed by atoms with Crippen LogP contribution >= 0.6 is 0 Å². The van der Waals surface area contributed by atoms with Crippen LogP contribution in [0.4, 0.5) is 0 Å². The molecule has 5 nitrogen and oxygen atoms in total.